The van der Waals surface area contributed by atoms with E-state index >= 15 is 0 Å². The first-order chi connectivity index (χ1) is 14.1. The first-order valence-electron chi connectivity index (χ1n) is 9.86. The maximum absolute atomic E-state index is 13.4. The van der Waals surface area contributed by atoms with Gasteiger partial charge in [0.2, 0.25) is 5.91 Å². The Morgan fingerprint density at radius 2 is 1.90 bits per heavy atom. The Labute approximate surface area is 166 Å². The highest BCUT2D eigenvalue weighted by Gasteiger charge is 2.35. The number of carbonyl (C=O) groups is 1. The number of nitrogens with one attached hydrogen (secondary N) is 2. The van der Waals surface area contributed by atoms with E-state index in [0.717, 1.165) is 35.1 Å². The first kappa shape index (κ1) is 17.6. The molecule has 1 aliphatic rings. The molecular weight excluding hydrogens is 366 g/mol. The number of nitrogens with zero attached hydrogens (tertiary/aromatic N) is 3. The van der Waals surface area contributed by atoms with Gasteiger partial charge in [0.25, 0.3) is 5.56 Å². The van der Waals surface area contributed by atoms with E-state index in [9.17, 15) is 9.59 Å². The van der Waals surface area contributed by atoms with Crippen LogP contribution in [0.1, 0.15) is 43.2 Å². The van der Waals surface area contributed by atoms with Gasteiger partial charge in [-0.05, 0) is 38.0 Å². The number of carbonyl (C=O) groups excluding carboxylic acids is 1. The molecule has 2 aromatic heterocycles. The number of rotatable bonds is 3. The molecule has 146 valence electrons. The Morgan fingerprint density at radius 3 is 2.72 bits per heavy atom. The summed E-state index contributed by atoms with van der Waals surface area (Å²) in [6, 6.07) is 15.1. The van der Waals surface area contributed by atoms with Crippen molar-refractivity contribution in [2.24, 2.45) is 0 Å². The van der Waals surface area contributed by atoms with Crippen molar-refractivity contribution in [1.29, 1.82) is 0 Å². The molecule has 5 rings (SSSR count). The fourth-order valence-corrected chi connectivity index (χ4v) is 4.28. The molecule has 29 heavy (non-hydrogen) atoms. The van der Waals surface area contributed by atoms with Crippen LogP contribution < -0.4 is 5.56 Å². The molecule has 1 fully saturated rings. The van der Waals surface area contributed by atoms with Crippen LogP contribution >= 0.6 is 0 Å². The van der Waals surface area contributed by atoms with Gasteiger partial charge in [-0.1, -0.05) is 30.3 Å². The Hall–Kier alpha value is -3.48. The van der Waals surface area contributed by atoms with Gasteiger partial charge in [0.15, 0.2) is 0 Å². The van der Waals surface area contributed by atoms with Crippen LogP contribution in [-0.4, -0.2) is 37.5 Å². The Balaban J connectivity index is 1.49. The minimum Gasteiger partial charge on any atom is -0.340 e. The molecule has 0 spiro atoms. The van der Waals surface area contributed by atoms with Crippen molar-refractivity contribution in [3.05, 3.63) is 70.4 Å². The summed E-state index contributed by atoms with van der Waals surface area (Å²) in [5, 5.41) is 8.03. The highest BCUT2D eigenvalue weighted by molar-refractivity contribution is 5.91. The maximum Gasteiger partial charge on any atom is 0.272 e. The highest BCUT2D eigenvalue weighted by atomic mass is 16.2. The topological polar surface area (TPSA) is 94.7 Å². The van der Waals surface area contributed by atoms with E-state index in [1.807, 2.05) is 54.3 Å². The molecule has 0 radical (unpaired) electrons. The molecule has 1 aliphatic heterocycles. The van der Waals surface area contributed by atoms with E-state index in [2.05, 4.69) is 15.2 Å². The largest absolute Gasteiger partial charge is 0.340 e. The van der Waals surface area contributed by atoms with Crippen LogP contribution in [0.2, 0.25) is 0 Å². The number of likely N-dealkylation sites (tertiary alicyclic amines) is 1. The second-order valence-electron chi connectivity index (χ2n) is 7.53. The van der Waals surface area contributed by atoms with Crippen LogP contribution in [0.15, 0.2) is 53.3 Å². The van der Waals surface area contributed by atoms with Crippen LogP contribution in [0.4, 0.5) is 0 Å². The molecule has 4 aromatic rings. The monoisotopic (exact) mass is 387 g/mol. The standard InChI is InChI=1S/C22H21N5O2/c1-13(19-14-7-2-3-8-15(14)21(28)26-25-19)22(29)27-12-6-11-18(27)20-23-16-9-4-5-10-17(16)24-20/h2-5,7-10,13,18H,6,11-12H2,1H3,(H,23,24)(H,26,28)/t13-,18+/m1/s1. The Kier molecular flexibility index (Phi) is 4.16. The van der Waals surface area contributed by atoms with Gasteiger partial charge in [0, 0.05) is 11.9 Å². The zero-order valence-corrected chi connectivity index (χ0v) is 16.1. The highest BCUT2D eigenvalue weighted by Crippen LogP contribution is 2.34. The van der Waals surface area contributed by atoms with Gasteiger partial charge in [-0.2, -0.15) is 5.10 Å². The number of hydrogen-bond donors (Lipinski definition) is 2. The summed E-state index contributed by atoms with van der Waals surface area (Å²) in [5.41, 5.74) is 2.23. The SMILES string of the molecule is C[C@@H](C(=O)N1CCC[C@H]1c1nc2ccccc2[nH]1)c1n[nH]c(=O)c2ccccc12. The fourth-order valence-electron chi connectivity index (χ4n) is 4.28. The second kappa shape index (κ2) is 6.84. The summed E-state index contributed by atoms with van der Waals surface area (Å²) in [6.45, 7) is 2.54. The number of benzene rings is 2. The van der Waals surface area contributed by atoms with Crippen LogP contribution in [0.3, 0.4) is 0 Å². The number of aromatic amines is 2. The average molecular weight is 387 g/mol. The van der Waals surface area contributed by atoms with E-state index in [0.29, 0.717) is 17.6 Å². The lowest BCUT2D eigenvalue weighted by molar-refractivity contribution is -0.133. The quantitative estimate of drug-likeness (QED) is 0.564. The van der Waals surface area contributed by atoms with Crippen LogP contribution in [-0.2, 0) is 4.79 Å². The summed E-state index contributed by atoms with van der Waals surface area (Å²) in [7, 11) is 0. The van der Waals surface area contributed by atoms with E-state index in [1.165, 1.54) is 0 Å². The third-order valence-electron chi connectivity index (χ3n) is 5.77. The van der Waals surface area contributed by atoms with Crippen LogP contribution in [0.5, 0.6) is 0 Å². The molecule has 0 aliphatic carbocycles. The lowest BCUT2D eigenvalue weighted by Crippen LogP contribution is -2.35. The molecule has 2 atom stereocenters. The molecule has 0 saturated carbocycles. The molecule has 0 unspecified atom stereocenters. The number of hydrogen-bond acceptors (Lipinski definition) is 4. The zero-order chi connectivity index (χ0) is 20.0. The zero-order valence-electron chi connectivity index (χ0n) is 16.1. The average Bonchev–Trinajstić information content (AvgIpc) is 3.40. The summed E-state index contributed by atoms with van der Waals surface area (Å²) >= 11 is 0. The molecule has 2 N–H and O–H groups in total. The maximum atomic E-state index is 13.4. The summed E-state index contributed by atoms with van der Waals surface area (Å²) < 4.78 is 0. The van der Waals surface area contributed by atoms with E-state index < -0.39 is 5.92 Å². The third-order valence-corrected chi connectivity index (χ3v) is 5.77. The molecular formula is C22H21N5O2. The Morgan fingerprint density at radius 1 is 1.14 bits per heavy atom. The van der Waals surface area contributed by atoms with Gasteiger partial charge in [0.05, 0.1) is 34.1 Å². The third kappa shape index (κ3) is 2.90. The van der Waals surface area contributed by atoms with Crippen molar-refractivity contribution in [3.8, 4) is 0 Å². The molecule has 7 heteroatoms. The molecule has 1 saturated heterocycles. The lowest BCUT2D eigenvalue weighted by atomic mass is 10.00. The number of imidazole rings is 1. The van der Waals surface area contributed by atoms with Gasteiger partial charge in [0.1, 0.15) is 5.82 Å². The minimum atomic E-state index is -0.471. The number of amides is 1. The number of para-hydroxylation sites is 2. The molecule has 1 amide bonds. The smallest absolute Gasteiger partial charge is 0.272 e. The Bertz CT molecular complexity index is 1240. The van der Waals surface area contributed by atoms with Gasteiger partial charge >= 0.3 is 0 Å². The number of aromatic nitrogens is 4. The fraction of sp³-hybridized carbons (Fsp3) is 0.273. The van der Waals surface area contributed by atoms with Crippen molar-refractivity contribution in [1.82, 2.24) is 25.1 Å². The molecule has 7 nitrogen and oxygen atoms in total. The van der Waals surface area contributed by atoms with E-state index in [-0.39, 0.29) is 17.5 Å². The van der Waals surface area contributed by atoms with Gasteiger partial charge in [-0.3, -0.25) is 9.59 Å². The summed E-state index contributed by atoms with van der Waals surface area (Å²) in [6.07, 6.45) is 1.80. The summed E-state index contributed by atoms with van der Waals surface area (Å²) in [5.74, 6) is 0.350. The van der Waals surface area contributed by atoms with Crippen molar-refractivity contribution in [2.75, 3.05) is 6.54 Å². The van der Waals surface area contributed by atoms with Crippen molar-refractivity contribution in [2.45, 2.75) is 31.7 Å². The lowest BCUT2D eigenvalue weighted by Gasteiger charge is -2.26. The van der Waals surface area contributed by atoms with Gasteiger partial charge in [-0.15, -0.1) is 0 Å². The molecule has 3 heterocycles. The number of H-pyrrole nitrogens is 2. The van der Waals surface area contributed by atoms with E-state index in [4.69, 9.17) is 4.98 Å². The number of fused-ring (bicyclic) bond motifs is 2. The van der Waals surface area contributed by atoms with E-state index in [1.54, 1.807) is 6.07 Å². The predicted molar refractivity (Wildman–Crippen MR) is 111 cm³/mol. The first-order valence-corrected chi connectivity index (χ1v) is 9.86. The van der Waals surface area contributed by atoms with Gasteiger partial charge in [-0.25, -0.2) is 10.1 Å². The normalized spacial score (nSPS) is 17.8. The predicted octanol–water partition coefficient (Wildman–Crippen LogP) is 3.27. The minimum absolute atomic E-state index is 0.00217. The summed E-state index contributed by atoms with van der Waals surface area (Å²) in [4.78, 5) is 35.5. The van der Waals surface area contributed by atoms with Crippen molar-refractivity contribution in [3.63, 3.8) is 0 Å². The second-order valence-corrected chi connectivity index (χ2v) is 7.53. The van der Waals surface area contributed by atoms with Gasteiger partial charge < -0.3 is 9.88 Å². The van der Waals surface area contributed by atoms with Crippen molar-refractivity contribution >= 4 is 27.7 Å². The van der Waals surface area contributed by atoms with Crippen molar-refractivity contribution < 1.29 is 4.79 Å². The van der Waals surface area contributed by atoms with Crippen LogP contribution in [0.25, 0.3) is 21.8 Å². The molecule has 0 bridgehead atoms. The van der Waals surface area contributed by atoms with Crippen LogP contribution in [0, 0.1) is 0 Å². The molecule has 2 aromatic carbocycles.